The maximum atomic E-state index is 14.4. The van der Waals surface area contributed by atoms with Gasteiger partial charge < -0.3 is 21.5 Å². The molecule has 0 aliphatic carbocycles. The average Bonchev–Trinajstić information content (AvgIpc) is 3.16. The van der Waals surface area contributed by atoms with Gasteiger partial charge in [0.1, 0.15) is 31.7 Å². The molecule has 0 amide bonds. The summed E-state index contributed by atoms with van der Waals surface area (Å²) in [5.74, 6) is -1.85. The van der Waals surface area contributed by atoms with Crippen molar-refractivity contribution in [3.63, 3.8) is 0 Å². The fraction of sp³-hybridized carbons (Fsp3) is 0. The lowest BCUT2D eigenvalue weighted by Gasteiger charge is -2.14. The minimum Gasteiger partial charge on any atom is -0.505 e. The van der Waals surface area contributed by atoms with Crippen LogP contribution in [0.25, 0.3) is 10.8 Å². The van der Waals surface area contributed by atoms with Crippen molar-refractivity contribution in [1.82, 2.24) is 15.0 Å². The van der Waals surface area contributed by atoms with Gasteiger partial charge in [0.25, 0.3) is 30.4 Å². The smallest absolute Gasteiger partial charge is 0.315 e. The Bertz CT molecular complexity index is 3250. The van der Waals surface area contributed by atoms with Gasteiger partial charge in [-0.15, -0.1) is 15.3 Å². The van der Waals surface area contributed by atoms with Crippen molar-refractivity contribution in [3.8, 4) is 5.75 Å². The van der Waals surface area contributed by atoms with E-state index in [4.69, 9.17) is 5.73 Å². The standard InChI is InChI=1S/C33H25FN10O12S4/c1-2-57(46,47)21-11-8-19(9-12-21)41-43-28-24(59(51,52)53)14-17-15-25(60(54,55)56)29(30(45)26(17)27(28)35)44-42-22-16-20(10-13-23(22)58(48,49)50)37-33-39-31(34)38-32(40-33)36-18-6-4-3-5-7-18/h2-16,45H,1,35H2,(H,48,49,50)(H,51,52,53)(H,54,55,56)(H2,36,37,38,39,40). The van der Waals surface area contributed by atoms with Crippen molar-refractivity contribution in [3.05, 3.63) is 103 Å². The number of benzene rings is 5. The molecule has 60 heavy (non-hydrogen) atoms. The molecule has 0 fully saturated rings. The minimum absolute atomic E-state index is 0.0597. The quantitative estimate of drug-likeness (QED) is 0.0373. The number of nitrogens with zero attached hydrogens (tertiary/aromatic N) is 7. The Morgan fingerprint density at radius 2 is 1.20 bits per heavy atom. The number of hydrogen-bond acceptors (Lipinski definition) is 19. The monoisotopic (exact) mass is 900 g/mol. The van der Waals surface area contributed by atoms with E-state index in [1.54, 1.807) is 30.3 Å². The third-order valence-corrected chi connectivity index (χ3v) is 11.9. The maximum Gasteiger partial charge on any atom is 0.315 e. The highest BCUT2D eigenvalue weighted by Crippen LogP contribution is 2.48. The number of phenols is 1. The van der Waals surface area contributed by atoms with Crippen LogP contribution in [-0.2, 0) is 40.2 Å². The Kier molecular flexibility index (Phi) is 11.4. The van der Waals surface area contributed by atoms with Crippen LogP contribution >= 0.6 is 0 Å². The molecule has 27 heteroatoms. The Morgan fingerprint density at radius 1 is 0.650 bits per heavy atom. The first-order valence-electron chi connectivity index (χ1n) is 16.1. The second kappa shape index (κ2) is 16.1. The molecular weight excluding hydrogens is 876 g/mol. The highest BCUT2D eigenvalue weighted by Gasteiger charge is 2.28. The number of azo groups is 2. The van der Waals surface area contributed by atoms with Crippen LogP contribution in [0.15, 0.2) is 137 Å². The topological polar surface area (TPSA) is 356 Å². The summed E-state index contributed by atoms with van der Waals surface area (Å²) in [5.41, 5.74) is 3.13. The van der Waals surface area contributed by atoms with Gasteiger partial charge in [0.15, 0.2) is 15.6 Å². The number of rotatable bonds is 13. The lowest BCUT2D eigenvalue weighted by molar-refractivity contribution is 0.472. The van der Waals surface area contributed by atoms with Gasteiger partial charge in [0.05, 0.1) is 21.7 Å². The summed E-state index contributed by atoms with van der Waals surface area (Å²) in [5, 5.41) is 31.3. The van der Waals surface area contributed by atoms with Gasteiger partial charge in [0.2, 0.25) is 11.9 Å². The molecule has 0 spiro atoms. The molecule has 6 rings (SSSR count). The number of hydrogen-bond donors (Lipinski definition) is 7. The highest BCUT2D eigenvalue weighted by molar-refractivity contribution is 7.94. The number of anilines is 5. The number of phenolic OH excluding ortho intramolecular Hbond substituents is 1. The van der Waals surface area contributed by atoms with E-state index < -0.39 is 106 Å². The summed E-state index contributed by atoms with van der Waals surface area (Å²) in [6, 6.07) is 17.0. The Labute approximate surface area is 338 Å². The van der Waals surface area contributed by atoms with Gasteiger partial charge in [-0.1, -0.05) is 24.8 Å². The van der Waals surface area contributed by atoms with Gasteiger partial charge in [-0.05, 0) is 72.1 Å². The first kappa shape index (κ1) is 42.7. The molecule has 1 heterocycles. The number of aromatic hydroxyl groups is 1. The van der Waals surface area contributed by atoms with E-state index in [0.717, 1.165) is 30.3 Å². The highest BCUT2D eigenvalue weighted by atomic mass is 32.2. The van der Waals surface area contributed by atoms with Crippen molar-refractivity contribution in [2.24, 2.45) is 20.5 Å². The molecule has 0 atom stereocenters. The van der Waals surface area contributed by atoms with Crippen LogP contribution in [0.3, 0.4) is 0 Å². The summed E-state index contributed by atoms with van der Waals surface area (Å²) < 4.78 is 143. The predicted molar refractivity (Wildman–Crippen MR) is 211 cm³/mol. The van der Waals surface area contributed by atoms with Gasteiger partial charge in [-0.3, -0.25) is 13.7 Å². The van der Waals surface area contributed by atoms with Gasteiger partial charge >= 0.3 is 6.08 Å². The molecule has 0 saturated heterocycles. The van der Waals surface area contributed by atoms with E-state index in [9.17, 15) is 56.8 Å². The normalized spacial score (nSPS) is 12.6. The molecule has 0 aliphatic rings. The van der Waals surface area contributed by atoms with Crippen LogP contribution < -0.4 is 16.4 Å². The van der Waals surface area contributed by atoms with Crippen LogP contribution in [0.2, 0.25) is 0 Å². The van der Waals surface area contributed by atoms with Crippen LogP contribution in [0, 0.1) is 6.08 Å². The zero-order valence-electron chi connectivity index (χ0n) is 29.6. The van der Waals surface area contributed by atoms with Gasteiger partial charge in [0, 0.05) is 16.8 Å². The first-order chi connectivity index (χ1) is 28.0. The summed E-state index contributed by atoms with van der Waals surface area (Å²) in [4.78, 5) is 7.75. The zero-order valence-corrected chi connectivity index (χ0v) is 32.9. The van der Waals surface area contributed by atoms with Crippen molar-refractivity contribution in [2.75, 3.05) is 16.4 Å². The van der Waals surface area contributed by atoms with Gasteiger partial charge in [-0.2, -0.15) is 49.7 Å². The molecule has 0 aliphatic heterocycles. The summed E-state index contributed by atoms with van der Waals surface area (Å²) in [6.07, 6.45) is -1.23. The number of para-hydroxylation sites is 1. The third-order valence-electron chi connectivity index (χ3n) is 7.91. The molecule has 1 aromatic heterocycles. The molecule has 8 N–H and O–H groups in total. The minimum atomic E-state index is -5.41. The van der Waals surface area contributed by atoms with E-state index in [2.05, 4.69) is 52.6 Å². The molecule has 0 bridgehead atoms. The lowest BCUT2D eigenvalue weighted by Crippen LogP contribution is -2.06. The van der Waals surface area contributed by atoms with Crippen molar-refractivity contribution < 1.29 is 56.8 Å². The number of nitrogens with two attached hydrogens (primary N) is 1. The van der Waals surface area contributed by atoms with E-state index in [1.807, 2.05) is 0 Å². The Balaban J connectivity index is 1.47. The number of nitrogen functional groups attached to an aromatic ring is 1. The van der Waals surface area contributed by atoms with E-state index in [1.165, 1.54) is 12.1 Å². The molecular formula is C33H25FN10O12S4. The second-order valence-corrected chi connectivity index (χ2v) is 18.0. The molecule has 310 valence electrons. The maximum absolute atomic E-state index is 14.4. The zero-order chi connectivity index (χ0) is 43.8. The van der Waals surface area contributed by atoms with Crippen LogP contribution in [0.4, 0.5) is 56.1 Å². The second-order valence-electron chi connectivity index (χ2n) is 11.9. The fourth-order valence-corrected chi connectivity index (χ4v) is 7.89. The number of fused-ring (bicyclic) bond motifs is 1. The largest absolute Gasteiger partial charge is 0.505 e. The van der Waals surface area contributed by atoms with Crippen LogP contribution in [-0.4, -0.2) is 67.4 Å². The number of aromatic nitrogens is 3. The number of sulfone groups is 1. The van der Waals surface area contributed by atoms with E-state index in [0.29, 0.717) is 23.2 Å². The Morgan fingerprint density at radius 3 is 1.77 bits per heavy atom. The predicted octanol–water partition coefficient (Wildman–Crippen LogP) is 6.43. The SMILES string of the molecule is C=CS(=O)(=O)c1ccc(N=Nc2c(S(=O)(=O)O)cc3cc(S(=O)(=O)O)c(N=Nc4cc(Nc5nc(F)nc(Nc6ccccc6)n5)ccc4S(=O)(=O)O)c(O)c3c2N)cc1. The molecule has 6 aromatic rings. The summed E-state index contributed by atoms with van der Waals surface area (Å²) >= 11 is 0. The van der Waals surface area contributed by atoms with Crippen molar-refractivity contribution in [1.29, 1.82) is 0 Å². The average molecular weight is 901 g/mol. The van der Waals surface area contributed by atoms with E-state index in [-0.39, 0.29) is 22.2 Å². The van der Waals surface area contributed by atoms with Crippen LogP contribution in [0.1, 0.15) is 0 Å². The fourth-order valence-electron chi connectivity index (χ4n) is 5.25. The lowest BCUT2D eigenvalue weighted by atomic mass is 10.1. The van der Waals surface area contributed by atoms with Gasteiger partial charge in [-0.25, -0.2) is 8.42 Å². The van der Waals surface area contributed by atoms with Crippen molar-refractivity contribution >= 4 is 103 Å². The third kappa shape index (κ3) is 9.36. The molecule has 0 unspecified atom stereocenters. The van der Waals surface area contributed by atoms with E-state index >= 15 is 0 Å². The number of nitrogens with one attached hydrogen (secondary N) is 2. The van der Waals surface area contributed by atoms with Crippen molar-refractivity contribution in [2.45, 2.75) is 19.6 Å². The molecule has 0 radical (unpaired) electrons. The number of halogens is 1. The molecule has 5 aromatic carbocycles. The first-order valence-corrected chi connectivity index (χ1v) is 21.9. The van der Waals surface area contributed by atoms with Crippen LogP contribution in [0.5, 0.6) is 5.75 Å². The molecule has 0 saturated carbocycles. The Hall–Kier alpha value is -6.88. The molecule has 22 nitrogen and oxygen atoms in total. The summed E-state index contributed by atoms with van der Waals surface area (Å²) in [7, 11) is -19.6. The summed E-state index contributed by atoms with van der Waals surface area (Å²) in [6.45, 7) is 3.22.